The molecule has 5 rings (SSSR count). The van der Waals surface area contributed by atoms with E-state index in [2.05, 4.69) is 52.3 Å². The Bertz CT molecular complexity index is 1140. The number of hydrogen-bond acceptors (Lipinski definition) is 4. The van der Waals surface area contributed by atoms with Crippen LogP contribution in [0.2, 0.25) is 0 Å². The second-order valence-electron chi connectivity index (χ2n) is 7.77. The van der Waals surface area contributed by atoms with Crippen LogP contribution in [0.5, 0.6) is 0 Å². The molecule has 0 aliphatic carbocycles. The predicted octanol–water partition coefficient (Wildman–Crippen LogP) is 3.59. The summed E-state index contributed by atoms with van der Waals surface area (Å²) in [6.45, 7) is 5.63. The summed E-state index contributed by atoms with van der Waals surface area (Å²) in [5.74, 6) is 0. The lowest BCUT2D eigenvalue weighted by atomic mass is 10.1. The number of benzene rings is 3. The average Bonchev–Trinajstić information content (AvgIpc) is 3.02. The molecule has 2 heterocycles. The van der Waals surface area contributed by atoms with Crippen LogP contribution in [0.25, 0.3) is 10.8 Å². The van der Waals surface area contributed by atoms with Crippen LogP contribution in [0.4, 0.5) is 5.69 Å². The second-order valence-corrected chi connectivity index (χ2v) is 9.68. The quantitative estimate of drug-likeness (QED) is 0.618. The van der Waals surface area contributed by atoms with E-state index < -0.39 is 10.0 Å². The van der Waals surface area contributed by atoms with E-state index in [9.17, 15) is 8.42 Å². The Morgan fingerprint density at radius 1 is 0.767 bits per heavy atom. The summed E-state index contributed by atoms with van der Waals surface area (Å²) in [5.41, 5.74) is 2.20. The molecule has 0 spiro atoms. The lowest BCUT2D eigenvalue weighted by Crippen LogP contribution is -2.48. The van der Waals surface area contributed by atoms with Gasteiger partial charge in [-0.1, -0.05) is 54.6 Å². The Hall–Kier alpha value is -2.12. The monoisotopic (exact) mass is 443 g/mol. The molecule has 1 saturated heterocycles. The van der Waals surface area contributed by atoms with E-state index in [0.717, 1.165) is 38.3 Å². The summed E-state index contributed by atoms with van der Waals surface area (Å²) < 4.78 is 27.1. The molecule has 3 aromatic rings. The van der Waals surface area contributed by atoms with Crippen molar-refractivity contribution >= 4 is 38.9 Å². The van der Waals surface area contributed by atoms with E-state index in [1.165, 1.54) is 16.5 Å². The number of halogens is 1. The minimum Gasteiger partial charge on any atom is -0.368 e. The molecule has 0 aromatic heterocycles. The minimum absolute atomic E-state index is 0. The fourth-order valence-electron chi connectivity index (χ4n) is 4.45. The van der Waals surface area contributed by atoms with E-state index in [1.807, 2.05) is 12.1 Å². The number of piperazine rings is 1. The molecule has 0 saturated carbocycles. The van der Waals surface area contributed by atoms with Gasteiger partial charge >= 0.3 is 0 Å². The van der Waals surface area contributed by atoms with Crippen molar-refractivity contribution in [2.75, 3.05) is 44.2 Å². The molecule has 3 aromatic carbocycles. The first-order chi connectivity index (χ1) is 14.1. The van der Waals surface area contributed by atoms with Crippen molar-refractivity contribution in [3.05, 3.63) is 72.3 Å². The van der Waals surface area contributed by atoms with Crippen molar-refractivity contribution in [1.82, 2.24) is 9.21 Å². The third-order valence-electron chi connectivity index (χ3n) is 6.08. The molecule has 0 amide bonds. The molecule has 0 radical (unpaired) electrons. The minimum atomic E-state index is -3.33. The van der Waals surface area contributed by atoms with Gasteiger partial charge in [0, 0.05) is 56.9 Å². The Morgan fingerprint density at radius 3 is 2.27 bits per heavy atom. The summed E-state index contributed by atoms with van der Waals surface area (Å²) in [6, 6.07) is 22.3. The molecule has 5 nitrogen and oxygen atoms in total. The fraction of sp³-hybridized carbons (Fsp3) is 0.304. The maximum atomic E-state index is 12.7. The van der Waals surface area contributed by atoms with E-state index in [-0.39, 0.29) is 12.4 Å². The van der Waals surface area contributed by atoms with Gasteiger partial charge in [0.25, 0.3) is 0 Å². The number of hydrogen-bond donors (Lipinski definition) is 0. The summed E-state index contributed by atoms with van der Waals surface area (Å²) in [7, 11) is -3.33. The lowest BCUT2D eigenvalue weighted by molar-refractivity contribution is 0.237. The molecule has 0 bridgehead atoms. The van der Waals surface area contributed by atoms with Crippen LogP contribution < -0.4 is 4.90 Å². The topological polar surface area (TPSA) is 43.9 Å². The highest BCUT2D eigenvalue weighted by Gasteiger charge is 2.34. The van der Waals surface area contributed by atoms with Crippen LogP contribution in [0.1, 0.15) is 5.56 Å². The molecule has 30 heavy (non-hydrogen) atoms. The van der Waals surface area contributed by atoms with Crippen LogP contribution in [-0.2, 0) is 16.6 Å². The lowest BCUT2D eigenvalue weighted by Gasteiger charge is -2.37. The molecule has 2 aliphatic heterocycles. The van der Waals surface area contributed by atoms with Crippen molar-refractivity contribution in [2.45, 2.75) is 11.4 Å². The Kier molecular flexibility index (Phi) is 6.02. The van der Waals surface area contributed by atoms with E-state index >= 15 is 0 Å². The normalized spacial score (nSPS) is 18.9. The highest BCUT2D eigenvalue weighted by atomic mass is 35.5. The van der Waals surface area contributed by atoms with Crippen molar-refractivity contribution in [1.29, 1.82) is 0 Å². The molecule has 7 heteroatoms. The second kappa shape index (κ2) is 8.55. The van der Waals surface area contributed by atoms with Gasteiger partial charge in [0.1, 0.15) is 0 Å². The summed E-state index contributed by atoms with van der Waals surface area (Å²) in [5, 5.41) is 2.57. The van der Waals surface area contributed by atoms with Gasteiger partial charge in [-0.2, -0.15) is 4.31 Å². The molecule has 158 valence electrons. The summed E-state index contributed by atoms with van der Waals surface area (Å²) in [4.78, 5) is 5.29. The molecular weight excluding hydrogens is 418 g/mol. The van der Waals surface area contributed by atoms with Gasteiger partial charge in [-0.15, -0.1) is 12.4 Å². The first-order valence-electron chi connectivity index (χ1n) is 10.2. The largest absolute Gasteiger partial charge is 0.368 e. The van der Waals surface area contributed by atoms with Crippen LogP contribution in [0, 0.1) is 0 Å². The molecular formula is C23H26ClN3O2S. The van der Waals surface area contributed by atoms with Gasteiger partial charge in [-0.25, -0.2) is 8.42 Å². The average molecular weight is 444 g/mol. The van der Waals surface area contributed by atoms with Gasteiger partial charge < -0.3 is 4.90 Å². The Morgan fingerprint density at radius 2 is 1.47 bits per heavy atom. The van der Waals surface area contributed by atoms with Crippen LogP contribution in [0.3, 0.4) is 0 Å². The van der Waals surface area contributed by atoms with Crippen molar-refractivity contribution in [2.24, 2.45) is 0 Å². The Balaban J connectivity index is 0.00000218. The van der Waals surface area contributed by atoms with E-state index in [0.29, 0.717) is 18.0 Å². The SMILES string of the molecule is Cl.O=S1(=O)c2ccccc2CN1CCN1CCN(c2cccc3ccccc23)CC1. The molecule has 0 atom stereocenters. The third-order valence-corrected chi connectivity index (χ3v) is 8.03. The maximum absolute atomic E-state index is 12.7. The van der Waals surface area contributed by atoms with Gasteiger partial charge in [0.2, 0.25) is 10.0 Å². The molecule has 0 unspecified atom stereocenters. The first-order valence-corrected chi connectivity index (χ1v) is 11.6. The van der Waals surface area contributed by atoms with E-state index in [1.54, 1.807) is 16.4 Å². The standard InChI is InChI=1S/C23H25N3O2S.ClH/c27-29(28)23-11-4-2-7-20(23)18-26(29)17-14-24-12-15-25(16-13-24)22-10-5-8-19-6-1-3-9-21(19)22;/h1-11H,12-18H2;1H. The summed E-state index contributed by atoms with van der Waals surface area (Å²) in [6.07, 6.45) is 0. The number of rotatable bonds is 4. The molecule has 2 aliphatic rings. The summed E-state index contributed by atoms with van der Waals surface area (Å²) >= 11 is 0. The molecule has 0 N–H and O–H groups in total. The van der Waals surface area contributed by atoms with E-state index in [4.69, 9.17) is 0 Å². The van der Waals surface area contributed by atoms with Gasteiger partial charge in [0.15, 0.2) is 0 Å². The zero-order chi connectivity index (χ0) is 19.8. The highest BCUT2D eigenvalue weighted by Crippen LogP contribution is 2.30. The number of anilines is 1. The first kappa shape index (κ1) is 21.1. The van der Waals surface area contributed by atoms with Gasteiger partial charge in [-0.3, -0.25) is 4.90 Å². The fourth-order valence-corrected chi connectivity index (χ4v) is 6.07. The van der Waals surface area contributed by atoms with Crippen molar-refractivity contribution in [3.8, 4) is 0 Å². The van der Waals surface area contributed by atoms with Crippen LogP contribution in [-0.4, -0.2) is 56.9 Å². The van der Waals surface area contributed by atoms with Crippen molar-refractivity contribution < 1.29 is 8.42 Å². The number of nitrogens with zero attached hydrogens (tertiary/aromatic N) is 3. The smallest absolute Gasteiger partial charge is 0.243 e. The zero-order valence-electron chi connectivity index (χ0n) is 16.8. The third kappa shape index (κ3) is 3.81. The predicted molar refractivity (Wildman–Crippen MR) is 124 cm³/mol. The Labute approximate surface area is 184 Å². The van der Waals surface area contributed by atoms with Gasteiger partial charge in [-0.05, 0) is 23.1 Å². The maximum Gasteiger partial charge on any atom is 0.243 e. The van der Waals surface area contributed by atoms with Gasteiger partial charge in [0.05, 0.1) is 4.90 Å². The number of sulfonamides is 1. The zero-order valence-corrected chi connectivity index (χ0v) is 18.4. The molecule has 1 fully saturated rings. The van der Waals surface area contributed by atoms with Crippen LogP contribution >= 0.6 is 12.4 Å². The van der Waals surface area contributed by atoms with Crippen molar-refractivity contribution in [3.63, 3.8) is 0 Å². The van der Waals surface area contributed by atoms with Crippen LogP contribution in [0.15, 0.2) is 71.6 Å². The highest BCUT2D eigenvalue weighted by molar-refractivity contribution is 7.89. The number of fused-ring (bicyclic) bond motifs is 2.